The first-order chi connectivity index (χ1) is 10.0. The van der Waals surface area contributed by atoms with E-state index < -0.39 is 5.60 Å². The quantitative estimate of drug-likeness (QED) is 0.807. The highest BCUT2D eigenvalue weighted by Crippen LogP contribution is 2.38. The first kappa shape index (κ1) is 14.5. The second-order valence-corrected chi connectivity index (χ2v) is 6.38. The third-order valence-electron chi connectivity index (χ3n) is 3.69. The lowest BCUT2D eigenvalue weighted by atomic mass is 10.1. The molecule has 0 bridgehead atoms. The molecule has 1 aromatic rings. The number of benzene rings is 1. The Kier molecular flexibility index (Phi) is 3.95. The first-order valence-electron chi connectivity index (χ1n) is 7.52. The maximum Gasteiger partial charge on any atom is 0.231 e. The lowest BCUT2D eigenvalue weighted by Crippen LogP contribution is -2.22. The van der Waals surface area contributed by atoms with Crippen molar-refractivity contribution in [2.24, 2.45) is 0 Å². The number of hydrogen-bond donors (Lipinski definition) is 2. The van der Waals surface area contributed by atoms with Gasteiger partial charge in [-0.2, -0.15) is 0 Å². The summed E-state index contributed by atoms with van der Waals surface area (Å²) in [5, 5.41) is 13.3. The average Bonchev–Trinajstić information content (AvgIpc) is 3.12. The van der Waals surface area contributed by atoms with Crippen LogP contribution in [-0.2, 0) is 6.54 Å². The number of aliphatic hydroxyl groups is 1. The van der Waals surface area contributed by atoms with Crippen molar-refractivity contribution in [1.82, 2.24) is 5.32 Å². The molecule has 0 aromatic heterocycles. The zero-order chi connectivity index (χ0) is 14.9. The topological polar surface area (TPSA) is 60.0 Å². The number of fused-ring (bicyclic) bond motifs is 1. The summed E-state index contributed by atoms with van der Waals surface area (Å²) >= 11 is 0. The van der Waals surface area contributed by atoms with Crippen molar-refractivity contribution >= 4 is 0 Å². The van der Waals surface area contributed by atoms with Gasteiger partial charge in [0.25, 0.3) is 0 Å². The van der Waals surface area contributed by atoms with Gasteiger partial charge in [-0.1, -0.05) is 0 Å². The van der Waals surface area contributed by atoms with Crippen LogP contribution in [0.5, 0.6) is 17.2 Å². The van der Waals surface area contributed by atoms with Crippen LogP contribution in [0.3, 0.4) is 0 Å². The van der Waals surface area contributed by atoms with E-state index in [1.165, 1.54) is 12.8 Å². The Balaban J connectivity index is 1.69. The number of nitrogens with one attached hydrogen (secondary N) is 1. The lowest BCUT2D eigenvalue weighted by molar-refractivity contribution is 0.0551. The maximum atomic E-state index is 9.77. The minimum atomic E-state index is -0.719. The molecule has 1 aliphatic heterocycles. The fourth-order valence-corrected chi connectivity index (χ4v) is 2.19. The molecule has 116 valence electrons. The zero-order valence-corrected chi connectivity index (χ0v) is 12.6. The van der Waals surface area contributed by atoms with Gasteiger partial charge in [-0.3, -0.25) is 0 Å². The predicted octanol–water partition coefficient (Wildman–Crippen LogP) is 2.21. The first-order valence-corrected chi connectivity index (χ1v) is 7.52. The minimum Gasteiger partial charge on any atom is -0.493 e. The van der Waals surface area contributed by atoms with Crippen LogP contribution in [0, 0.1) is 0 Å². The highest BCUT2D eigenvalue weighted by Gasteiger charge is 2.23. The van der Waals surface area contributed by atoms with E-state index in [1.807, 2.05) is 12.1 Å². The van der Waals surface area contributed by atoms with Gasteiger partial charge in [0.2, 0.25) is 6.79 Å². The van der Waals surface area contributed by atoms with Crippen molar-refractivity contribution in [3.8, 4) is 17.2 Å². The molecule has 1 heterocycles. The molecule has 0 amide bonds. The summed E-state index contributed by atoms with van der Waals surface area (Å²) in [4.78, 5) is 0. The largest absolute Gasteiger partial charge is 0.493 e. The summed E-state index contributed by atoms with van der Waals surface area (Å²) in [6.45, 7) is 5.06. The van der Waals surface area contributed by atoms with E-state index in [1.54, 1.807) is 13.8 Å². The summed E-state index contributed by atoms with van der Waals surface area (Å²) in [5.74, 6) is 2.30. The summed E-state index contributed by atoms with van der Waals surface area (Å²) in [6.07, 6.45) is 3.08. The molecule has 5 nitrogen and oxygen atoms in total. The molecule has 1 saturated carbocycles. The van der Waals surface area contributed by atoms with Crippen molar-refractivity contribution < 1.29 is 19.3 Å². The Morgan fingerprint density at radius 2 is 2.00 bits per heavy atom. The van der Waals surface area contributed by atoms with Gasteiger partial charge in [-0.05, 0) is 32.8 Å². The van der Waals surface area contributed by atoms with E-state index in [0.29, 0.717) is 19.1 Å². The third kappa shape index (κ3) is 4.02. The SMILES string of the molecule is CC(C)(O)CCOc1cc2c(cc1CNC1CC1)OCO2. The summed E-state index contributed by atoms with van der Waals surface area (Å²) < 4.78 is 16.7. The van der Waals surface area contributed by atoms with Crippen LogP contribution < -0.4 is 19.5 Å². The van der Waals surface area contributed by atoms with Gasteiger partial charge in [-0.15, -0.1) is 0 Å². The molecular weight excluding hydrogens is 270 g/mol. The highest BCUT2D eigenvalue weighted by molar-refractivity contribution is 5.51. The van der Waals surface area contributed by atoms with Gasteiger partial charge in [0, 0.05) is 30.6 Å². The molecule has 21 heavy (non-hydrogen) atoms. The molecule has 1 aromatic carbocycles. The van der Waals surface area contributed by atoms with E-state index in [-0.39, 0.29) is 6.79 Å². The van der Waals surface area contributed by atoms with Crippen molar-refractivity contribution in [1.29, 1.82) is 0 Å². The molecule has 2 aliphatic rings. The van der Waals surface area contributed by atoms with Crippen LogP contribution in [0.2, 0.25) is 0 Å². The third-order valence-corrected chi connectivity index (χ3v) is 3.69. The standard InChI is InChI=1S/C16H23NO4/c1-16(2,18)5-6-19-13-8-15-14(20-10-21-15)7-11(13)9-17-12-3-4-12/h7-8,12,17-18H,3-6,9-10H2,1-2H3. The number of rotatable bonds is 7. The molecule has 1 fully saturated rings. The maximum absolute atomic E-state index is 9.77. The Labute approximate surface area is 125 Å². The lowest BCUT2D eigenvalue weighted by Gasteiger charge is -2.18. The van der Waals surface area contributed by atoms with Crippen LogP contribution in [-0.4, -0.2) is 30.1 Å². The second kappa shape index (κ2) is 5.73. The molecule has 0 spiro atoms. The van der Waals surface area contributed by atoms with Gasteiger partial charge in [-0.25, -0.2) is 0 Å². The van der Waals surface area contributed by atoms with Gasteiger partial charge >= 0.3 is 0 Å². The molecule has 0 saturated heterocycles. The Morgan fingerprint density at radius 1 is 1.29 bits per heavy atom. The van der Waals surface area contributed by atoms with Gasteiger partial charge in [0.15, 0.2) is 11.5 Å². The molecule has 5 heteroatoms. The van der Waals surface area contributed by atoms with Crippen LogP contribution >= 0.6 is 0 Å². The van der Waals surface area contributed by atoms with Gasteiger partial charge in [0.05, 0.1) is 12.2 Å². The van der Waals surface area contributed by atoms with Crippen molar-refractivity contribution in [3.63, 3.8) is 0 Å². The fourth-order valence-electron chi connectivity index (χ4n) is 2.19. The molecule has 0 radical (unpaired) electrons. The Hall–Kier alpha value is -1.46. The second-order valence-electron chi connectivity index (χ2n) is 6.38. The number of ether oxygens (including phenoxy) is 3. The van der Waals surface area contributed by atoms with Crippen molar-refractivity contribution in [2.45, 2.75) is 51.3 Å². The average molecular weight is 293 g/mol. The van der Waals surface area contributed by atoms with E-state index >= 15 is 0 Å². The van der Waals surface area contributed by atoms with E-state index in [0.717, 1.165) is 29.4 Å². The summed E-state index contributed by atoms with van der Waals surface area (Å²) in [6, 6.07) is 4.51. The van der Waals surface area contributed by atoms with E-state index in [2.05, 4.69) is 5.32 Å². The normalized spacial score (nSPS) is 17.1. The molecular formula is C16H23NO4. The van der Waals surface area contributed by atoms with Crippen molar-refractivity contribution in [3.05, 3.63) is 17.7 Å². The van der Waals surface area contributed by atoms with Crippen LogP contribution in [0.1, 0.15) is 38.7 Å². The van der Waals surface area contributed by atoms with E-state index in [9.17, 15) is 5.11 Å². The van der Waals surface area contributed by atoms with Gasteiger partial charge in [0.1, 0.15) is 5.75 Å². The monoisotopic (exact) mass is 293 g/mol. The predicted molar refractivity (Wildman–Crippen MR) is 78.8 cm³/mol. The Morgan fingerprint density at radius 3 is 2.67 bits per heavy atom. The Bertz CT molecular complexity index is 506. The highest BCUT2D eigenvalue weighted by atomic mass is 16.7. The van der Waals surface area contributed by atoms with E-state index in [4.69, 9.17) is 14.2 Å². The fraction of sp³-hybridized carbons (Fsp3) is 0.625. The van der Waals surface area contributed by atoms with Gasteiger partial charge < -0.3 is 24.6 Å². The summed E-state index contributed by atoms with van der Waals surface area (Å²) in [7, 11) is 0. The van der Waals surface area contributed by atoms with Crippen LogP contribution in [0.4, 0.5) is 0 Å². The molecule has 2 N–H and O–H groups in total. The molecule has 0 atom stereocenters. The molecule has 3 rings (SSSR count). The molecule has 1 aliphatic carbocycles. The zero-order valence-electron chi connectivity index (χ0n) is 12.6. The summed E-state index contributed by atoms with van der Waals surface area (Å²) in [5.41, 5.74) is 0.352. The van der Waals surface area contributed by atoms with Crippen LogP contribution in [0.25, 0.3) is 0 Å². The smallest absolute Gasteiger partial charge is 0.231 e. The molecule has 0 unspecified atom stereocenters. The van der Waals surface area contributed by atoms with Crippen LogP contribution in [0.15, 0.2) is 12.1 Å². The van der Waals surface area contributed by atoms with Crippen molar-refractivity contribution in [2.75, 3.05) is 13.4 Å². The number of hydrogen-bond acceptors (Lipinski definition) is 5. The minimum absolute atomic E-state index is 0.262.